The lowest BCUT2D eigenvalue weighted by Crippen LogP contribution is -2.49. The van der Waals surface area contributed by atoms with Crippen LogP contribution in [0.2, 0.25) is 0 Å². The van der Waals surface area contributed by atoms with Gasteiger partial charge in [0.05, 0.1) is 6.04 Å². The number of primary amides is 1. The molecule has 1 fully saturated rings. The first-order valence-corrected chi connectivity index (χ1v) is 8.02. The van der Waals surface area contributed by atoms with Crippen molar-refractivity contribution in [3.05, 3.63) is 35.4 Å². The van der Waals surface area contributed by atoms with Crippen molar-refractivity contribution in [3.8, 4) is 0 Å². The van der Waals surface area contributed by atoms with Crippen molar-refractivity contribution in [2.45, 2.75) is 32.4 Å². The number of nitrogens with zero attached hydrogens (tertiary/aromatic N) is 2. The van der Waals surface area contributed by atoms with Gasteiger partial charge in [-0.3, -0.25) is 14.5 Å². The molecule has 0 spiro atoms. The van der Waals surface area contributed by atoms with Crippen LogP contribution in [0.3, 0.4) is 0 Å². The number of piperidine rings is 1. The topological polar surface area (TPSA) is 66.6 Å². The zero-order valence-corrected chi connectivity index (χ0v) is 14.0. The molecule has 0 saturated carbocycles. The van der Waals surface area contributed by atoms with E-state index < -0.39 is 17.7 Å². The molecule has 1 heterocycles. The first-order chi connectivity index (χ1) is 11.3. The summed E-state index contributed by atoms with van der Waals surface area (Å²) in [5.74, 6) is -1.80. The molecule has 132 valence electrons. The van der Waals surface area contributed by atoms with Gasteiger partial charge < -0.3 is 10.6 Å². The minimum atomic E-state index is -0.625. The molecule has 1 unspecified atom stereocenters. The Labute approximate surface area is 140 Å². The fourth-order valence-electron chi connectivity index (χ4n) is 2.89. The van der Waals surface area contributed by atoms with Gasteiger partial charge in [-0.05, 0) is 32.9 Å². The van der Waals surface area contributed by atoms with Crippen LogP contribution in [0.5, 0.6) is 0 Å². The van der Waals surface area contributed by atoms with Gasteiger partial charge in [-0.2, -0.15) is 0 Å². The number of likely N-dealkylation sites (N-methyl/N-ethyl adjacent to an activating group) is 1. The minimum absolute atomic E-state index is 0.0667. The zero-order valence-electron chi connectivity index (χ0n) is 14.0. The summed E-state index contributed by atoms with van der Waals surface area (Å²) >= 11 is 0. The molecule has 24 heavy (non-hydrogen) atoms. The van der Waals surface area contributed by atoms with Gasteiger partial charge >= 0.3 is 0 Å². The van der Waals surface area contributed by atoms with Crippen molar-refractivity contribution in [2.24, 2.45) is 11.7 Å². The molecule has 1 atom stereocenters. The fourth-order valence-corrected chi connectivity index (χ4v) is 2.89. The van der Waals surface area contributed by atoms with Gasteiger partial charge in [0.2, 0.25) is 11.8 Å². The SMILES string of the molecule is CC(C(=O)N1CCC(C(N)=O)CC1)N(C)Cc1ccc(F)cc1F. The number of carbonyl (C=O) groups is 2. The van der Waals surface area contributed by atoms with E-state index in [-0.39, 0.29) is 24.3 Å². The molecule has 7 heteroatoms. The highest BCUT2D eigenvalue weighted by Gasteiger charge is 2.29. The van der Waals surface area contributed by atoms with Crippen molar-refractivity contribution in [2.75, 3.05) is 20.1 Å². The summed E-state index contributed by atoms with van der Waals surface area (Å²) in [5.41, 5.74) is 5.63. The average molecular weight is 339 g/mol. The van der Waals surface area contributed by atoms with Gasteiger partial charge in [0, 0.05) is 37.2 Å². The number of rotatable bonds is 5. The second-order valence-electron chi connectivity index (χ2n) is 6.33. The first kappa shape index (κ1) is 18.3. The Morgan fingerprint density at radius 2 is 1.96 bits per heavy atom. The molecule has 0 aromatic heterocycles. The summed E-state index contributed by atoms with van der Waals surface area (Å²) in [6.45, 7) is 2.95. The van der Waals surface area contributed by atoms with E-state index in [1.54, 1.807) is 23.8 Å². The van der Waals surface area contributed by atoms with Gasteiger partial charge in [0.15, 0.2) is 0 Å². The lowest BCUT2D eigenvalue weighted by molar-refractivity contribution is -0.139. The monoisotopic (exact) mass is 339 g/mol. The molecule has 0 radical (unpaired) electrons. The first-order valence-electron chi connectivity index (χ1n) is 8.02. The molecular formula is C17H23F2N3O2. The van der Waals surface area contributed by atoms with E-state index in [1.807, 2.05) is 0 Å². The number of hydrogen-bond donors (Lipinski definition) is 1. The predicted molar refractivity (Wildman–Crippen MR) is 85.8 cm³/mol. The van der Waals surface area contributed by atoms with E-state index >= 15 is 0 Å². The number of hydrogen-bond acceptors (Lipinski definition) is 3. The lowest BCUT2D eigenvalue weighted by atomic mass is 9.96. The second-order valence-corrected chi connectivity index (χ2v) is 6.33. The quantitative estimate of drug-likeness (QED) is 0.884. The Morgan fingerprint density at radius 1 is 1.33 bits per heavy atom. The number of nitrogens with two attached hydrogens (primary N) is 1. The Bertz CT molecular complexity index is 616. The number of halogens is 2. The number of amides is 2. The van der Waals surface area contributed by atoms with Gasteiger partial charge in [-0.25, -0.2) is 8.78 Å². The van der Waals surface area contributed by atoms with Crippen LogP contribution in [-0.2, 0) is 16.1 Å². The van der Waals surface area contributed by atoms with E-state index in [0.717, 1.165) is 6.07 Å². The van der Waals surface area contributed by atoms with Gasteiger partial charge in [-0.15, -0.1) is 0 Å². The Balaban J connectivity index is 1.94. The zero-order chi connectivity index (χ0) is 17.9. The summed E-state index contributed by atoms with van der Waals surface area (Å²) in [4.78, 5) is 27.2. The fraction of sp³-hybridized carbons (Fsp3) is 0.529. The van der Waals surface area contributed by atoms with Gasteiger partial charge in [0.25, 0.3) is 0 Å². The summed E-state index contributed by atoms with van der Waals surface area (Å²) < 4.78 is 26.7. The van der Waals surface area contributed by atoms with Gasteiger partial charge in [-0.1, -0.05) is 6.07 Å². The third-order valence-electron chi connectivity index (χ3n) is 4.66. The summed E-state index contributed by atoms with van der Waals surface area (Å²) in [7, 11) is 1.72. The highest BCUT2D eigenvalue weighted by Crippen LogP contribution is 2.19. The molecule has 1 aromatic carbocycles. The molecule has 5 nitrogen and oxygen atoms in total. The van der Waals surface area contributed by atoms with Crippen LogP contribution < -0.4 is 5.73 Å². The maximum atomic E-state index is 13.7. The predicted octanol–water partition coefficient (Wildman–Crippen LogP) is 1.51. The summed E-state index contributed by atoms with van der Waals surface area (Å²) in [6, 6.07) is 2.98. The van der Waals surface area contributed by atoms with Crippen LogP contribution in [0.15, 0.2) is 18.2 Å². The van der Waals surface area contributed by atoms with Crippen molar-refractivity contribution in [3.63, 3.8) is 0 Å². The molecule has 1 aromatic rings. The van der Waals surface area contributed by atoms with E-state index in [4.69, 9.17) is 5.73 Å². The van der Waals surface area contributed by atoms with Crippen LogP contribution in [0.4, 0.5) is 8.78 Å². The average Bonchev–Trinajstić information content (AvgIpc) is 2.56. The van der Waals surface area contributed by atoms with Crippen LogP contribution >= 0.6 is 0 Å². The third-order valence-corrected chi connectivity index (χ3v) is 4.66. The van der Waals surface area contributed by atoms with E-state index in [9.17, 15) is 18.4 Å². The molecule has 0 bridgehead atoms. The van der Waals surface area contributed by atoms with Gasteiger partial charge in [0.1, 0.15) is 11.6 Å². The highest BCUT2D eigenvalue weighted by molar-refractivity contribution is 5.82. The van der Waals surface area contributed by atoms with Crippen molar-refractivity contribution in [1.29, 1.82) is 0 Å². The molecule has 1 saturated heterocycles. The smallest absolute Gasteiger partial charge is 0.239 e. The Kier molecular flexibility index (Phi) is 5.88. The Morgan fingerprint density at radius 3 is 2.50 bits per heavy atom. The van der Waals surface area contributed by atoms with Crippen LogP contribution in [0, 0.1) is 17.6 Å². The minimum Gasteiger partial charge on any atom is -0.369 e. The molecule has 1 aliphatic rings. The largest absolute Gasteiger partial charge is 0.369 e. The third kappa shape index (κ3) is 4.29. The molecular weight excluding hydrogens is 316 g/mol. The van der Waals surface area contributed by atoms with E-state index in [2.05, 4.69) is 0 Å². The van der Waals surface area contributed by atoms with Crippen molar-refractivity contribution in [1.82, 2.24) is 9.80 Å². The summed E-state index contributed by atoms with van der Waals surface area (Å²) in [6.07, 6.45) is 1.15. The Hall–Kier alpha value is -2.02. The van der Waals surface area contributed by atoms with E-state index in [1.165, 1.54) is 12.1 Å². The second kappa shape index (κ2) is 7.70. The van der Waals surface area contributed by atoms with Crippen molar-refractivity contribution < 1.29 is 18.4 Å². The lowest BCUT2D eigenvalue weighted by Gasteiger charge is -2.34. The standard InChI is InChI=1S/C17H23F2N3O2/c1-11(17(24)22-7-5-12(6-8-22)16(20)23)21(2)10-13-3-4-14(18)9-15(13)19/h3-4,9,11-12H,5-8,10H2,1-2H3,(H2,20,23). The maximum absolute atomic E-state index is 13.7. The van der Waals surface area contributed by atoms with E-state index in [0.29, 0.717) is 31.5 Å². The summed E-state index contributed by atoms with van der Waals surface area (Å²) in [5, 5.41) is 0. The van der Waals surface area contributed by atoms with Crippen molar-refractivity contribution >= 4 is 11.8 Å². The van der Waals surface area contributed by atoms with Crippen LogP contribution in [0.1, 0.15) is 25.3 Å². The van der Waals surface area contributed by atoms with Crippen LogP contribution in [-0.4, -0.2) is 47.8 Å². The number of benzene rings is 1. The normalized spacial score (nSPS) is 17.1. The van der Waals surface area contributed by atoms with Crippen LogP contribution in [0.25, 0.3) is 0 Å². The maximum Gasteiger partial charge on any atom is 0.239 e. The molecule has 1 aliphatic heterocycles. The molecule has 2 amide bonds. The number of carbonyl (C=O) groups excluding carboxylic acids is 2. The number of likely N-dealkylation sites (tertiary alicyclic amines) is 1. The highest BCUT2D eigenvalue weighted by atomic mass is 19.1. The molecule has 2 N–H and O–H groups in total. The molecule has 0 aliphatic carbocycles. The molecule has 2 rings (SSSR count).